The Hall–Kier alpha value is -2.43. The Morgan fingerprint density at radius 2 is 1.77 bits per heavy atom. The number of nitrogens with zero attached hydrogens (tertiary/aromatic N) is 2. The van der Waals surface area contributed by atoms with Crippen molar-refractivity contribution in [2.45, 2.75) is 40.2 Å². The van der Waals surface area contributed by atoms with E-state index in [1.807, 2.05) is 52.0 Å². The molecule has 2 rings (SSSR count). The van der Waals surface area contributed by atoms with E-state index >= 15 is 0 Å². The van der Waals surface area contributed by atoms with Crippen LogP contribution >= 0.6 is 0 Å². The molecule has 0 aliphatic carbocycles. The molecule has 0 bridgehead atoms. The molecule has 0 aliphatic rings. The zero-order valence-corrected chi connectivity index (χ0v) is 13.7. The molecule has 0 radical (unpaired) electrons. The zero-order valence-electron chi connectivity index (χ0n) is 13.7. The molecule has 0 saturated heterocycles. The summed E-state index contributed by atoms with van der Waals surface area (Å²) in [5, 5.41) is 6.15. The van der Waals surface area contributed by atoms with Crippen LogP contribution in [0, 0.1) is 13.8 Å². The SMILES string of the molecule is Cc1nc(NC(C)(C)C)cc(C(=O)Nc2ccccc2C)n1. The molecule has 1 aromatic heterocycles. The minimum atomic E-state index is -0.239. The number of carbonyl (C=O) groups excluding carboxylic acids is 1. The van der Waals surface area contributed by atoms with Crippen molar-refractivity contribution in [3.8, 4) is 0 Å². The highest BCUT2D eigenvalue weighted by Gasteiger charge is 2.15. The number of carbonyl (C=O) groups is 1. The van der Waals surface area contributed by atoms with Gasteiger partial charge < -0.3 is 10.6 Å². The topological polar surface area (TPSA) is 66.9 Å². The van der Waals surface area contributed by atoms with Gasteiger partial charge in [0.15, 0.2) is 0 Å². The van der Waals surface area contributed by atoms with Gasteiger partial charge in [-0.15, -0.1) is 0 Å². The fraction of sp³-hybridized carbons (Fsp3) is 0.353. The van der Waals surface area contributed by atoms with Gasteiger partial charge in [0.1, 0.15) is 17.3 Å². The average Bonchev–Trinajstić information content (AvgIpc) is 2.38. The number of hydrogen-bond acceptors (Lipinski definition) is 4. The molecular formula is C17H22N4O. The predicted molar refractivity (Wildman–Crippen MR) is 89.3 cm³/mol. The Labute approximate surface area is 131 Å². The molecule has 0 spiro atoms. The number of amides is 1. The summed E-state index contributed by atoms with van der Waals surface area (Å²) < 4.78 is 0. The number of anilines is 2. The van der Waals surface area contributed by atoms with Crippen LogP contribution in [0.25, 0.3) is 0 Å². The van der Waals surface area contributed by atoms with E-state index in [0.29, 0.717) is 17.3 Å². The molecular weight excluding hydrogens is 276 g/mol. The van der Waals surface area contributed by atoms with Crippen LogP contribution in [0.4, 0.5) is 11.5 Å². The number of benzene rings is 1. The van der Waals surface area contributed by atoms with E-state index < -0.39 is 0 Å². The molecule has 5 heteroatoms. The first-order valence-electron chi connectivity index (χ1n) is 7.25. The second-order valence-corrected chi connectivity index (χ2v) is 6.33. The van der Waals surface area contributed by atoms with E-state index in [1.165, 1.54) is 0 Å². The van der Waals surface area contributed by atoms with Gasteiger partial charge in [0.2, 0.25) is 0 Å². The lowest BCUT2D eigenvalue weighted by atomic mass is 10.1. The Balaban J connectivity index is 2.24. The third kappa shape index (κ3) is 4.28. The molecule has 1 heterocycles. The molecule has 1 aromatic carbocycles. The maximum Gasteiger partial charge on any atom is 0.274 e. The first-order valence-corrected chi connectivity index (χ1v) is 7.25. The van der Waals surface area contributed by atoms with Crippen molar-refractivity contribution >= 4 is 17.4 Å². The molecule has 2 aromatic rings. The molecule has 1 amide bonds. The standard InChI is InChI=1S/C17H22N4O/c1-11-8-6-7-9-13(11)20-16(22)14-10-15(19-12(2)18-14)21-17(3,4)5/h6-10H,1-5H3,(H,20,22)(H,18,19,21). The van der Waals surface area contributed by atoms with Gasteiger partial charge in [-0.25, -0.2) is 9.97 Å². The van der Waals surface area contributed by atoms with Crippen molar-refractivity contribution in [2.24, 2.45) is 0 Å². The Morgan fingerprint density at radius 3 is 2.41 bits per heavy atom. The van der Waals surface area contributed by atoms with Crippen LogP contribution in [0.3, 0.4) is 0 Å². The number of aryl methyl sites for hydroxylation is 2. The lowest BCUT2D eigenvalue weighted by Gasteiger charge is -2.21. The lowest BCUT2D eigenvalue weighted by Crippen LogP contribution is -2.27. The molecule has 0 atom stereocenters. The van der Waals surface area contributed by atoms with Crippen molar-refractivity contribution < 1.29 is 4.79 Å². The minimum absolute atomic E-state index is 0.134. The van der Waals surface area contributed by atoms with Crippen LogP contribution in [0.2, 0.25) is 0 Å². The number of hydrogen-bond donors (Lipinski definition) is 2. The predicted octanol–water partition coefficient (Wildman–Crippen LogP) is 3.56. The quantitative estimate of drug-likeness (QED) is 0.909. The van der Waals surface area contributed by atoms with Crippen molar-refractivity contribution in [1.29, 1.82) is 0 Å². The molecule has 0 fully saturated rings. The zero-order chi connectivity index (χ0) is 16.3. The first kappa shape index (κ1) is 15.9. The molecule has 5 nitrogen and oxygen atoms in total. The summed E-state index contributed by atoms with van der Waals surface area (Å²) >= 11 is 0. The van der Waals surface area contributed by atoms with E-state index in [1.54, 1.807) is 13.0 Å². The van der Waals surface area contributed by atoms with Crippen molar-refractivity contribution in [3.63, 3.8) is 0 Å². The summed E-state index contributed by atoms with van der Waals surface area (Å²) in [6.45, 7) is 9.85. The van der Waals surface area contributed by atoms with Crippen LogP contribution in [0.15, 0.2) is 30.3 Å². The molecule has 116 valence electrons. The van der Waals surface area contributed by atoms with Crippen LogP contribution in [-0.2, 0) is 0 Å². The van der Waals surface area contributed by atoms with Crippen LogP contribution in [0.1, 0.15) is 42.6 Å². The summed E-state index contributed by atoms with van der Waals surface area (Å²) in [6.07, 6.45) is 0. The number of nitrogens with one attached hydrogen (secondary N) is 2. The smallest absolute Gasteiger partial charge is 0.274 e. The van der Waals surface area contributed by atoms with Gasteiger partial charge in [0.05, 0.1) is 0 Å². The Bertz CT molecular complexity index is 689. The summed E-state index contributed by atoms with van der Waals surface area (Å²) in [7, 11) is 0. The Morgan fingerprint density at radius 1 is 1.09 bits per heavy atom. The third-order valence-corrected chi connectivity index (χ3v) is 2.97. The van der Waals surface area contributed by atoms with Crippen molar-refractivity contribution in [1.82, 2.24) is 9.97 Å². The lowest BCUT2D eigenvalue weighted by molar-refractivity contribution is 0.102. The van der Waals surface area contributed by atoms with Gasteiger partial charge >= 0.3 is 0 Å². The van der Waals surface area contributed by atoms with Crippen LogP contribution < -0.4 is 10.6 Å². The average molecular weight is 298 g/mol. The van der Waals surface area contributed by atoms with Gasteiger partial charge in [-0.3, -0.25) is 4.79 Å². The van der Waals surface area contributed by atoms with E-state index in [4.69, 9.17) is 0 Å². The fourth-order valence-corrected chi connectivity index (χ4v) is 2.03. The van der Waals surface area contributed by atoms with Gasteiger partial charge in [0.25, 0.3) is 5.91 Å². The second kappa shape index (κ2) is 6.13. The Kier molecular flexibility index (Phi) is 4.45. The fourth-order valence-electron chi connectivity index (χ4n) is 2.03. The summed E-state index contributed by atoms with van der Waals surface area (Å²) in [4.78, 5) is 21.0. The summed E-state index contributed by atoms with van der Waals surface area (Å²) in [6, 6.07) is 9.32. The van der Waals surface area contributed by atoms with Crippen molar-refractivity contribution in [2.75, 3.05) is 10.6 Å². The highest BCUT2D eigenvalue weighted by atomic mass is 16.1. The first-order chi connectivity index (χ1) is 10.2. The van der Waals surface area contributed by atoms with E-state index in [9.17, 15) is 4.79 Å². The molecule has 0 unspecified atom stereocenters. The van der Waals surface area contributed by atoms with Crippen LogP contribution in [-0.4, -0.2) is 21.4 Å². The van der Waals surface area contributed by atoms with Gasteiger partial charge in [-0.1, -0.05) is 18.2 Å². The summed E-state index contributed by atoms with van der Waals surface area (Å²) in [5.74, 6) is 0.968. The van der Waals surface area contributed by atoms with E-state index in [2.05, 4.69) is 20.6 Å². The van der Waals surface area contributed by atoms with Crippen molar-refractivity contribution in [3.05, 3.63) is 47.4 Å². The van der Waals surface area contributed by atoms with Gasteiger partial charge in [0, 0.05) is 17.3 Å². The van der Waals surface area contributed by atoms with E-state index in [0.717, 1.165) is 11.3 Å². The van der Waals surface area contributed by atoms with Gasteiger partial charge in [-0.05, 0) is 46.2 Å². The minimum Gasteiger partial charge on any atom is -0.365 e. The summed E-state index contributed by atoms with van der Waals surface area (Å²) in [5.41, 5.74) is 2.01. The molecule has 22 heavy (non-hydrogen) atoms. The maximum absolute atomic E-state index is 12.4. The van der Waals surface area contributed by atoms with Crippen LogP contribution in [0.5, 0.6) is 0 Å². The number of para-hydroxylation sites is 1. The highest BCUT2D eigenvalue weighted by Crippen LogP contribution is 2.17. The molecule has 0 saturated carbocycles. The second-order valence-electron chi connectivity index (χ2n) is 6.33. The third-order valence-electron chi connectivity index (χ3n) is 2.97. The maximum atomic E-state index is 12.4. The van der Waals surface area contributed by atoms with E-state index in [-0.39, 0.29) is 11.4 Å². The number of aromatic nitrogens is 2. The molecule has 0 aliphatic heterocycles. The largest absolute Gasteiger partial charge is 0.365 e. The normalized spacial score (nSPS) is 11.1. The van der Waals surface area contributed by atoms with Gasteiger partial charge in [-0.2, -0.15) is 0 Å². The highest BCUT2D eigenvalue weighted by molar-refractivity contribution is 6.03. The monoisotopic (exact) mass is 298 g/mol. The molecule has 2 N–H and O–H groups in total. The number of rotatable bonds is 3.